The van der Waals surface area contributed by atoms with Crippen LogP contribution in [0.5, 0.6) is 0 Å². The average Bonchev–Trinajstić information content (AvgIpc) is 2.33. The lowest BCUT2D eigenvalue weighted by molar-refractivity contribution is 0.0992. The lowest BCUT2D eigenvalue weighted by Crippen LogP contribution is -2.07. The third-order valence-corrected chi connectivity index (χ3v) is 3.46. The minimum atomic E-state index is 0.133. The maximum Gasteiger partial charge on any atom is 0.169 e. The summed E-state index contributed by atoms with van der Waals surface area (Å²) in [7, 11) is 0. The number of carbonyl (C=O) groups is 1. The second-order valence-corrected chi connectivity index (χ2v) is 5.10. The fraction of sp³-hybridized carbons (Fsp3) is 0.294. The van der Waals surface area contributed by atoms with Crippen LogP contribution in [-0.4, -0.2) is 10.8 Å². The van der Waals surface area contributed by atoms with E-state index in [1.54, 1.807) is 0 Å². The molecule has 0 amide bonds. The zero-order valence-corrected chi connectivity index (χ0v) is 11.9. The average molecular weight is 253 g/mol. The van der Waals surface area contributed by atoms with Crippen LogP contribution in [0.25, 0.3) is 0 Å². The van der Waals surface area contributed by atoms with Gasteiger partial charge in [-0.1, -0.05) is 18.2 Å². The van der Waals surface area contributed by atoms with Crippen LogP contribution in [0, 0.1) is 27.7 Å². The largest absolute Gasteiger partial charge is 0.294 e. The van der Waals surface area contributed by atoms with Crippen molar-refractivity contribution in [1.29, 1.82) is 0 Å². The number of carbonyl (C=O) groups excluding carboxylic acids is 1. The van der Waals surface area contributed by atoms with Crippen LogP contribution in [0.3, 0.4) is 0 Å². The van der Waals surface area contributed by atoms with Gasteiger partial charge in [0.1, 0.15) is 0 Å². The van der Waals surface area contributed by atoms with Crippen molar-refractivity contribution in [3.05, 3.63) is 64.0 Å². The molecular weight excluding hydrogens is 234 g/mol. The first-order valence-corrected chi connectivity index (χ1v) is 6.51. The molecule has 1 heterocycles. The Morgan fingerprint density at radius 2 is 1.74 bits per heavy atom. The van der Waals surface area contributed by atoms with E-state index in [1.807, 2.05) is 32.0 Å². The molecule has 0 aliphatic carbocycles. The van der Waals surface area contributed by atoms with E-state index < -0.39 is 0 Å². The third kappa shape index (κ3) is 3.08. The Morgan fingerprint density at radius 1 is 1.00 bits per heavy atom. The van der Waals surface area contributed by atoms with Gasteiger partial charge in [-0.25, -0.2) is 0 Å². The number of aromatic nitrogens is 1. The van der Waals surface area contributed by atoms with E-state index >= 15 is 0 Å². The predicted molar refractivity (Wildman–Crippen MR) is 77.7 cm³/mol. The van der Waals surface area contributed by atoms with Crippen molar-refractivity contribution in [2.75, 3.05) is 0 Å². The van der Waals surface area contributed by atoms with Gasteiger partial charge in [0.15, 0.2) is 5.78 Å². The molecule has 0 spiro atoms. The standard InChI is InChI=1S/C17H19NO/c1-11-5-7-15(9-12(11)2)10-17(19)16-8-6-13(3)18-14(16)4/h5-9H,10H2,1-4H3. The summed E-state index contributed by atoms with van der Waals surface area (Å²) in [6, 6.07) is 9.95. The smallest absolute Gasteiger partial charge is 0.169 e. The lowest BCUT2D eigenvalue weighted by Gasteiger charge is -2.07. The Labute approximate surface area is 114 Å². The first-order chi connectivity index (χ1) is 8.97. The quantitative estimate of drug-likeness (QED) is 0.780. The highest BCUT2D eigenvalue weighted by atomic mass is 16.1. The lowest BCUT2D eigenvalue weighted by atomic mass is 9.99. The first-order valence-electron chi connectivity index (χ1n) is 6.51. The first kappa shape index (κ1) is 13.5. The van der Waals surface area contributed by atoms with Gasteiger partial charge in [-0.05, 0) is 56.5 Å². The molecule has 0 fully saturated rings. The van der Waals surface area contributed by atoms with Gasteiger partial charge in [0.2, 0.25) is 0 Å². The summed E-state index contributed by atoms with van der Waals surface area (Å²) in [5.74, 6) is 0.133. The van der Waals surface area contributed by atoms with Gasteiger partial charge in [-0.15, -0.1) is 0 Å². The van der Waals surface area contributed by atoms with E-state index in [4.69, 9.17) is 0 Å². The number of nitrogens with zero attached hydrogens (tertiary/aromatic N) is 1. The van der Waals surface area contributed by atoms with Crippen molar-refractivity contribution in [2.24, 2.45) is 0 Å². The van der Waals surface area contributed by atoms with Crippen molar-refractivity contribution in [2.45, 2.75) is 34.1 Å². The van der Waals surface area contributed by atoms with Crippen LogP contribution in [-0.2, 0) is 6.42 Å². The van der Waals surface area contributed by atoms with Crippen molar-refractivity contribution in [1.82, 2.24) is 4.98 Å². The Balaban J connectivity index is 2.23. The van der Waals surface area contributed by atoms with Crippen molar-refractivity contribution < 1.29 is 4.79 Å². The summed E-state index contributed by atoms with van der Waals surface area (Å²) in [5, 5.41) is 0. The maximum absolute atomic E-state index is 12.3. The molecule has 0 radical (unpaired) electrons. The second-order valence-electron chi connectivity index (χ2n) is 5.10. The summed E-state index contributed by atoms with van der Waals surface area (Å²) in [4.78, 5) is 16.6. The summed E-state index contributed by atoms with van der Waals surface area (Å²) in [5.41, 5.74) is 6.03. The van der Waals surface area contributed by atoms with E-state index in [0.29, 0.717) is 6.42 Å². The number of hydrogen-bond donors (Lipinski definition) is 0. The Kier molecular flexibility index (Phi) is 3.79. The van der Waals surface area contributed by atoms with Crippen LogP contribution in [0.4, 0.5) is 0 Å². The molecular formula is C17H19NO. The molecule has 2 rings (SSSR count). The van der Waals surface area contributed by atoms with E-state index in [-0.39, 0.29) is 5.78 Å². The van der Waals surface area contributed by atoms with E-state index in [2.05, 4.69) is 31.0 Å². The van der Waals surface area contributed by atoms with Gasteiger partial charge in [-0.3, -0.25) is 9.78 Å². The number of Topliss-reactive ketones (excluding diaryl/α,β-unsaturated/α-hetero) is 1. The Morgan fingerprint density at radius 3 is 2.37 bits per heavy atom. The minimum absolute atomic E-state index is 0.133. The molecule has 0 aliphatic heterocycles. The summed E-state index contributed by atoms with van der Waals surface area (Å²) >= 11 is 0. The Bertz CT molecular complexity index is 629. The Hall–Kier alpha value is -1.96. The predicted octanol–water partition coefficient (Wildman–Crippen LogP) is 3.74. The summed E-state index contributed by atoms with van der Waals surface area (Å²) in [6.45, 7) is 7.97. The normalized spacial score (nSPS) is 10.5. The van der Waals surface area contributed by atoms with Gasteiger partial charge in [0, 0.05) is 23.4 Å². The zero-order chi connectivity index (χ0) is 14.0. The highest BCUT2D eigenvalue weighted by Gasteiger charge is 2.11. The van der Waals surface area contributed by atoms with E-state index in [9.17, 15) is 4.79 Å². The molecule has 0 bridgehead atoms. The summed E-state index contributed by atoms with van der Waals surface area (Å²) < 4.78 is 0. The van der Waals surface area contributed by atoms with E-state index in [1.165, 1.54) is 11.1 Å². The monoisotopic (exact) mass is 253 g/mol. The molecule has 2 heteroatoms. The second kappa shape index (κ2) is 5.35. The molecule has 1 aromatic heterocycles. The van der Waals surface area contributed by atoms with Crippen LogP contribution < -0.4 is 0 Å². The molecule has 0 saturated heterocycles. The molecule has 1 aromatic carbocycles. The van der Waals surface area contributed by atoms with E-state index in [0.717, 1.165) is 22.5 Å². The van der Waals surface area contributed by atoms with Gasteiger partial charge in [-0.2, -0.15) is 0 Å². The van der Waals surface area contributed by atoms with Crippen molar-refractivity contribution in [3.8, 4) is 0 Å². The maximum atomic E-state index is 12.3. The minimum Gasteiger partial charge on any atom is -0.294 e. The van der Waals surface area contributed by atoms with Gasteiger partial charge >= 0.3 is 0 Å². The van der Waals surface area contributed by atoms with Crippen LogP contribution in [0.1, 0.15) is 38.4 Å². The third-order valence-electron chi connectivity index (χ3n) is 3.46. The molecule has 0 atom stereocenters. The number of ketones is 1. The zero-order valence-electron chi connectivity index (χ0n) is 11.9. The summed E-state index contributed by atoms with van der Waals surface area (Å²) in [6.07, 6.45) is 0.437. The number of hydrogen-bond acceptors (Lipinski definition) is 2. The SMILES string of the molecule is Cc1ccc(C(=O)Cc2ccc(C)c(C)c2)c(C)n1. The number of pyridine rings is 1. The van der Waals surface area contributed by atoms with Crippen LogP contribution in [0.15, 0.2) is 30.3 Å². The molecule has 0 unspecified atom stereocenters. The highest BCUT2D eigenvalue weighted by Crippen LogP contribution is 2.14. The fourth-order valence-corrected chi connectivity index (χ4v) is 2.18. The van der Waals surface area contributed by atoms with Gasteiger partial charge < -0.3 is 0 Å². The number of rotatable bonds is 3. The molecule has 0 saturated carbocycles. The highest BCUT2D eigenvalue weighted by molar-refractivity contribution is 5.98. The number of benzene rings is 1. The molecule has 0 aliphatic rings. The molecule has 2 nitrogen and oxygen atoms in total. The fourth-order valence-electron chi connectivity index (χ4n) is 2.18. The molecule has 0 N–H and O–H groups in total. The van der Waals surface area contributed by atoms with Crippen LogP contribution >= 0.6 is 0 Å². The number of aryl methyl sites for hydroxylation is 4. The van der Waals surface area contributed by atoms with Gasteiger partial charge in [0.25, 0.3) is 0 Å². The van der Waals surface area contributed by atoms with Crippen LogP contribution in [0.2, 0.25) is 0 Å². The topological polar surface area (TPSA) is 30.0 Å². The molecule has 19 heavy (non-hydrogen) atoms. The van der Waals surface area contributed by atoms with Gasteiger partial charge in [0.05, 0.1) is 0 Å². The van der Waals surface area contributed by atoms with Crippen molar-refractivity contribution >= 4 is 5.78 Å². The molecule has 2 aromatic rings. The molecule has 98 valence electrons. The van der Waals surface area contributed by atoms with Crippen molar-refractivity contribution in [3.63, 3.8) is 0 Å².